The largest absolute Gasteiger partial charge is 0.481 e. The molecule has 1 N–H and O–H groups in total. The first-order chi connectivity index (χ1) is 8.56. The normalized spacial score (nSPS) is 10.5. The molecule has 0 radical (unpaired) electrons. The Hall–Kier alpha value is -1.10. The fourth-order valence-electron chi connectivity index (χ4n) is 1.50. The number of amides is 1. The molecule has 1 amide bonds. The zero-order valence-corrected chi connectivity index (χ0v) is 12.1. The first-order valence-electron chi connectivity index (χ1n) is 5.94. The number of carbonyl (C=O) groups excluding carboxylic acids is 1. The Balaban J connectivity index is 2.47. The maximum atomic E-state index is 13.4. The topological polar surface area (TPSA) is 38.3 Å². The van der Waals surface area contributed by atoms with E-state index in [1.807, 2.05) is 13.8 Å². The number of benzene rings is 1. The maximum Gasteiger partial charge on any atom is 0.258 e. The molecule has 0 saturated heterocycles. The number of rotatable bonds is 6. The molecule has 3 nitrogen and oxygen atoms in total. The van der Waals surface area contributed by atoms with Gasteiger partial charge in [-0.25, -0.2) is 4.39 Å². The molecule has 0 aliphatic rings. The highest BCUT2D eigenvalue weighted by Gasteiger charge is 2.10. The summed E-state index contributed by atoms with van der Waals surface area (Å²) >= 11 is 3.15. The molecule has 0 spiro atoms. The molecule has 1 aromatic carbocycles. The monoisotopic (exact) mass is 317 g/mol. The second kappa shape index (κ2) is 7.36. The summed E-state index contributed by atoms with van der Waals surface area (Å²) in [5.41, 5.74) is 0. The lowest BCUT2D eigenvalue weighted by Crippen LogP contribution is -2.37. The summed E-state index contributed by atoms with van der Waals surface area (Å²) in [4.78, 5) is 11.6. The van der Waals surface area contributed by atoms with E-state index in [-0.39, 0.29) is 24.3 Å². The first kappa shape index (κ1) is 15.0. The van der Waals surface area contributed by atoms with Crippen molar-refractivity contribution in [3.63, 3.8) is 0 Å². The SMILES string of the molecule is CCC(CC)NC(=O)COc1ccc(Br)cc1F. The molecule has 0 unspecified atom stereocenters. The van der Waals surface area contributed by atoms with E-state index in [0.29, 0.717) is 4.47 Å². The third-order valence-corrected chi connectivity index (χ3v) is 3.10. The van der Waals surface area contributed by atoms with Crippen molar-refractivity contribution < 1.29 is 13.9 Å². The van der Waals surface area contributed by atoms with Crippen LogP contribution in [0.1, 0.15) is 26.7 Å². The van der Waals surface area contributed by atoms with Gasteiger partial charge in [0.25, 0.3) is 5.91 Å². The van der Waals surface area contributed by atoms with Crippen LogP contribution in [-0.2, 0) is 4.79 Å². The van der Waals surface area contributed by atoms with Gasteiger partial charge < -0.3 is 10.1 Å². The van der Waals surface area contributed by atoms with Crippen LogP contribution < -0.4 is 10.1 Å². The van der Waals surface area contributed by atoms with E-state index in [1.54, 1.807) is 6.07 Å². The molecule has 0 fully saturated rings. The molecule has 1 aromatic rings. The Labute approximate surface area is 115 Å². The van der Waals surface area contributed by atoms with Gasteiger partial charge in [-0.05, 0) is 31.0 Å². The van der Waals surface area contributed by atoms with Crippen molar-refractivity contribution in [1.29, 1.82) is 0 Å². The molecule has 0 aliphatic heterocycles. The van der Waals surface area contributed by atoms with Crippen molar-refractivity contribution >= 4 is 21.8 Å². The van der Waals surface area contributed by atoms with Crippen LogP contribution in [0, 0.1) is 5.82 Å². The lowest BCUT2D eigenvalue weighted by molar-refractivity contribution is -0.123. The van der Waals surface area contributed by atoms with E-state index in [4.69, 9.17) is 4.74 Å². The summed E-state index contributed by atoms with van der Waals surface area (Å²) in [6.45, 7) is 3.84. The smallest absolute Gasteiger partial charge is 0.258 e. The van der Waals surface area contributed by atoms with Crippen molar-refractivity contribution in [3.05, 3.63) is 28.5 Å². The van der Waals surface area contributed by atoms with E-state index < -0.39 is 5.82 Å². The lowest BCUT2D eigenvalue weighted by atomic mass is 10.2. The van der Waals surface area contributed by atoms with Crippen LogP contribution in [-0.4, -0.2) is 18.6 Å². The van der Waals surface area contributed by atoms with Gasteiger partial charge in [-0.1, -0.05) is 29.8 Å². The van der Waals surface area contributed by atoms with Crippen LogP contribution in [0.4, 0.5) is 4.39 Å². The third-order valence-electron chi connectivity index (χ3n) is 2.60. The number of nitrogens with one attached hydrogen (secondary N) is 1. The highest BCUT2D eigenvalue weighted by molar-refractivity contribution is 9.10. The zero-order chi connectivity index (χ0) is 13.5. The Bertz CT molecular complexity index is 408. The minimum absolute atomic E-state index is 0.0814. The number of ether oxygens (including phenoxy) is 1. The minimum atomic E-state index is -0.486. The van der Waals surface area contributed by atoms with Gasteiger partial charge in [0.05, 0.1) is 0 Å². The molecule has 0 aliphatic carbocycles. The van der Waals surface area contributed by atoms with Crippen molar-refractivity contribution in [2.45, 2.75) is 32.7 Å². The van der Waals surface area contributed by atoms with Crippen molar-refractivity contribution in [1.82, 2.24) is 5.32 Å². The lowest BCUT2D eigenvalue weighted by Gasteiger charge is -2.15. The summed E-state index contributed by atoms with van der Waals surface area (Å²) in [5, 5.41) is 2.82. The Kier molecular flexibility index (Phi) is 6.12. The highest BCUT2D eigenvalue weighted by Crippen LogP contribution is 2.21. The second-order valence-electron chi connectivity index (χ2n) is 3.94. The van der Waals surface area contributed by atoms with Crippen LogP contribution >= 0.6 is 15.9 Å². The van der Waals surface area contributed by atoms with Crippen LogP contribution in [0.5, 0.6) is 5.75 Å². The summed E-state index contributed by atoms with van der Waals surface area (Å²) in [7, 11) is 0. The van der Waals surface area contributed by atoms with Crippen LogP contribution in [0.25, 0.3) is 0 Å². The van der Waals surface area contributed by atoms with Crippen LogP contribution in [0.3, 0.4) is 0 Å². The fraction of sp³-hybridized carbons (Fsp3) is 0.462. The average Bonchev–Trinajstić information content (AvgIpc) is 2.35. The standard InChI is InChI=1S/C13H17BrFNO2/c1-3-10(4-2)16-13(17)8-18-12-6-5-9(14)7-11(12)15/h5-7,10H,3-4,8H2,1-2H3,(H,16,17). The highest BCUT2D eigenvalue weighted by atomic mass is 79.9. The van der Waals surface area contributed by atoms with E-state index in [0.717, 1.165) is 12.8 Å². The van der Waals surface area contributed by atoms with E-state index in [9.17, 15) is 9.18 Å². The van der Waals surface area contributed by atoms with Gasteiger partial charge in [0, 0.05) is 10.5 Å². The van der Waals surface area contributed by atoms with Gasteiger partial charge in [-0.3, -0.25) is 4.79 Å². The number of halogens is 2. The van der Waals surface area contributed by atoms with E-state index >= 15 is 0 Å². The molecular formula is C13H17BrFNO2. The van der Waals surface area contributed by atoms with Crippen molar-refractivity contribution in [2.24, 2.45) is 0 Å². The molecule has 0 saturated carbocycles. The summed E-state index contributed by atoms with van der Waals surface area (Å²) in [5.74, 6) is -0.636. The molecule has 0 heterocycles. The predicted molar refractivity (Wildman–Crippen MR) is 72.1 cm³/mol. The van der Waals surface area contributed by atoms with E-state index in [1.165, 1.54) is 12.1 Å². The quantitative estimate of drug-likeness (QED) is 0.874. The summed E-state index contributed by atoms with van der Waals surface area (Å²) < 4.78 is 19.2. The van der Waals surface area contributed by atoms with Crippen LogP contribution in [0.2, 0.25) is 0 Å². The van der Waals surface area contributed by atoms with Crippen molar-refractivity contribution in [3.8, 4) is 5.75 Å². The van der Waals surface area contributed by atoms with Gasteiger partial charge in [0.2, 0.25) is 0 Å². The number of carbonyl (C=O) groups is 1. The molecule has 0 atom stereocenters. The molecule has 5 heteroatoms. The Morgan fingerprint density at radius 2 is 2.11 bits per heavy atom. The third kappa shape index (κ3) is 4.64. The molecule has 0 bridgehead atoms. The number of hydrogen-bond donors (Lipinski definition) is 1. The van der Waals surface area contributed by atoms with Gasteiger partial charge in [-0.2, -0.15) is 0 Å². The van der Waals surface area contributed by atoms with Gasteiger partial charge in [0.1, 0.15) is 0 Å². The summed E-state index contributed by atoms with van der Waals surface area (Å²) in [6, 6.07) is 4.60. The minimum Gasteiger partial charge on any atom is -0.481 e. The van der Waals surface area contributed by atoms with Crippen LogP contribution in [0.15, 0.2) is 22.7 Å². The fourth-order valence-corrected chi connectivity index (χ4v) is 1.83. The van der Waals surface area contributed by atoms with Gasteiger partial charge in [-0.15, -0.1) is 0 Å². The van der Waals surface area contributed by atoms with Gasteiger partial charge >= 0.3 is 0 Å². The Morgan fingerprint density at radius 3 is 2.67 bits per heavy atom. The second-order valence-corrected chi connectivity index (χ2v) is 4.86. The average molecular weight is 318 g/mol. The number of hydrogen-bond acceptors (Lipinski definition) is 2. The molecule has 100 valence electrons. The predicted octanol–water partition coefficient (Wildman–Crippen LogP) is 3.27. The van der Waals surface area contributed by atoms with E-state index in [2.05, 4.69) is 21.2 Å². The first-order valence-corrected chi connectivity index (χ1v) is 6.73. The molecular weight excluding hydrogens is 301 g/mol. The maximum absolute atomic E-state index is 13.4. The van der Waals surface area contributed by atoms with Gasteiger partial charge in [0.15, 0.2) is 18.2 Å². The summed E-state index contributed by atoms with van der Waals surface area (Å²) in [6.07, 6.45) is 1.74. The molecule has 1 rings (SSSR count). The molecule has 18 heavy (non-hydrogen) atoms. The Morgan fingerprint density at radius 1 is 1.44 bits per heavy atom. The zero-order valence-electron chi connectivity index (χ0n) is 10.5. The van der Waals surface area contributed by atoms with Crippen molar-refractivity contribution in [2.75, 3.05) is 6.61 Å². The molecule has 0 aromatic heterocycles.